The van der Waals surface area contributed by atoms with Crippen LogP contribution in [0.5, 0.6) is 0 Å². The fraction of sp³-hybridized carbons (Fsp3) is 0.562. The minimum Gasteiger partial charge on any atom is -0.356 e. The highest BCUT2D eigenvalue weighted by molar-refractivity contribution is 5.47. The van der Waals surface area contributed by atoms with Crippen molar-refractivity contribution < 1.29 is 0 Å². The van der Waals surface area contributed by atoms with Gasteiger partial charge < -0.3 is 4.90 Å². The van der Waals surface area contributed by atoms with Crippen LogP contribution in [0.15, 0.2) is 12.4 Å². The Bertz CT molecular complexity index is 864. The van der Waals surface area contributed by atoms with Crippen molar-refractivity contribution >= 4 is 11.6 Å². The quantitative estimate of drug-likeness (QED) is 0.727. The zero-order chi connectivity index (χ0) is 16.7. The Morgan fingerprint density at radius 2 is 2.08 bits per heavy atom. The lowest BCUT2D eigenvalue weighted by Crippen LogP contribution is -2.38. The number of nitrogens with zero attached hydrogens (tertiary/aromatic N) is 8. The third-order valence-electron chi connectivity index (χ3n) is 4.60. The topological polar surface area (TPSA) is 77.0 Å². The van der Waals surface area contributed by atoms with E-state index in [1.807, 2.05) is 30.0 Å². The van der Waals surface area contributed by atoms with Crippen molar-refractivity contribution in [2.45, 2.75) is 40.2 Å². The fourth-order valence-corrected chi connectivity index (χ4v) is 3.54. The molecule has 1 aliphatic heterocycles. The Labute approximate surface area is 140 Å². The second-order valence-electron chi connectivity index (χ2n) is 6.57. The summed E-state index contributed by atoms with van der Waals surface area (Å²) in [6.45, 7) is 8.89. The molecule has 3 aromatic rings. The molecule has 4 rings (SSSR count). The number of piperidine rings is 1. The maximum atomic E-state index is 4.51. The molecule has 0 saturated carbocycles. The molecule has 4 heterocycles. The molecule has 0 N–H and O–H groups in total. The van der Waals surface area contributed by atoms with E-state index < -0.39 is 0 Å². The van der Waals surface area contributed by atoms with E-state index in [0.717, 1.165) is 49.2 Å². The molecule has 126 valence electrons. The van der Waals surface area contributed by atoms with Crippen LogP contribution in [0, 0.1) is 26.7 Å². The number of fused-ring (bicyclic) bond motifs is 1. The smallest absolute Gasteiger partial charge is 0.254 e. The zero-order valence-corrected chi connectivity index (χ0v) is 14.3. The molecule has 8 nitrogen and oxygen atoms in total. The van der Waals surface area contributed by atoms with Crippen LogP contribution < -0.4 is 4.90 Å². The largest absolute Gasteiger partial charge is 0.356 e. The first-order valence-corrected chi connectivity index (χ1v) is 8.40. The van der Waals surface area contributed by atoms with Crippen LogP contribution in [0.2, 0.25) is 0 Å². The van der Waals surface area contributed by atoms with Gasteiger partial charge in [0.05, 0.1) is 0 Å². The van der Waals surface area contributed by atoms with Gasteiger partial charge in [0, 0.05) is 31.4 Å². The predicted octanol–water partition coefficient (Wildman–Crippen LogP) is 1.56. The van der Waals surface area contributed by atoms with Gasteiger partial charge >= 0.3 is 0 Å². The summed E-state index contributed by atoms with van der Waals surface area (Å²) in [6, 6.07) is 2.09. The predicted molar refractivity (Wildman–Crippen MR) is 90.0 cm³/mol. The molecule has 1 fully saturated rings. The minimum atomic E-state index is 0.547. The summed E-state index contributed by atoms with van der Waals surface area (Å²) >= 11 is 0. The molecule has 0 spiro atoms. The fourth-order valence-electron chi connectivity index (χ4n) is 3.54. The lowest BCUT2D eigenvalue weighted by atomic mass is 9.98. The molecule has 1 atom stereocenters. The van der Waals surface area contributed by atoms with E-state index in [-0.39, 0.29) is 0 Å². The molecule has 8 heteroatoms. The molecule has 0 unspecified atom stereocenters. The van der Waals surface area contributed by atoms with Gasteiger partial charge in [0.25, 0.3) is 5.78 Å². The summed E-state index contributed by atoms with van der Waals surface area (Å²) in [7, 11) is 0. The van der Waals surface area contributed by atoms with Gasteiger partial charge in [-0.15, -0.1) is 0 Å². The third kappa shape index (κ3) is 2.72. The van der Waals surface area contributed by atoms with E-state index in [9.17, 15) is 0 Å². The first-order chi connectivity index (χ1) is 11.6. The summed E-state index contributed by atoms with van der Waals surface area (Å²) in [5, 5.41) is 8.84. The van der Waals surface area contributed by atoms with Crippen molar-refractivity contribution in [1.82, 2.24) is 34.3 Å². The van der Waals surface area contributed by atoms with Crippen LogP contribution in [0.4, 0.5) is 5.82 Å². The van der Waals surface area contributed by atoms with E-state index in [0.29, 0.717) is 11.7 Å². The lowest BCUT2D eigenvalue weighted by Gasteiger charge is -2.34. The average molecular weight is 326 g/mol. The second kappa shape index (κ2) is 5.85. The number of anilines is 1. The highest BCUT2D eigenvalue weighted by Crippen LogP contribution is 2.24. The summed E-state index contributed by atoms with van der Waals surface area (Å²) in [4.78, 5) is 15.5. The van der Waals surface area contributed by atoms with Crippen molar-refractivity contribution in [1.29, 1.82) is 0 Å². The standard InChI is InChI=1S/C16H22N8/c1-11-7-15(24-16(19-11)17-10-18-24)22-6-4-5-14(8-22)9-23-13(3)20-12(2)21-23/h7,10,14H,4-6,8-9H2,1-3H3/t14-/m0/s1. The molecule has 1 saturated heterocycles. The van der Waals surface area contributed by atoms with Crippen molar-refractivity contribution in [3.05, 3.63) is 29.7 Å². The molecular weight excluding hydrogens is 304 g/mol. The molecular formula is C16H22N8. The van der Waals surface area contributed by atoms with Gasteiger partial charge in [0.2, 0.25) is 0 Å². The van der Waals surface area contributed by atoms with Crippen LogP contribution in [0.1, 0.15) is 30.2 Å². The van der Waals surface area contributed by atoms with E-state index in [4.69, 9.17) is 0 Å². The molecule has 24 heavy (non-hydrogen) atoms. The van der Waals surface area contributed by atoms with Gasteiger partial charge in [-0.05, 0) is 39.5 Å². The number of hydrogen-bond donors (Lipinski definition) is 0. The van der Waals surface area contributed by atoms with Crippen molar-refractivity contribution in [2.24, 2.45) is 5.92 Å². The first kappa shape index (κ1) is 15.0. The van der Waals surface area contributed by atoms with Crippen LogP contribution in [-0.2, 0) is 6.54 Å². The zero-order valence-electron chi connectivity index (χ0n) is 14.3. The minimum absolute atomic E-state index is 0.547. The summed E-state index contributed by atoms with van der Waals surface area (Å²) < 4.78 is 3.87. The molecule has 0 aromatic carbocycles. The summed E-state index contributed by atoms with van der Waals surface area (Å²) in [5.41, 5.74) is 0.968. The first-order valence-electron chi connectivity index (χ1n) is 8.40. The average Bonchev–Trinajstić information content (AvgIpc) is 3.13. The molecule has 0 aliphatic carbocycles. The Morgan fingerprint density at radius 1 is 1.21 bits per heavy atom. The second-order valence-corrected chi connectivity index (χ2v) is 6.57. The third-order valence-corrected chi connectivity index (χ3v) is 4.60. The number of aromatic nitrogens is 7. The summed E-state index contributed by atoms with van der Waals surface area (Å²) in [5.74, 6) is 4.11. The van der Waals surface area contributed by atoms with Crippen LogP contribution in [0.3, 0.4) is 0 Å². The van der Waals surface area contributed by atoms with Gasteiger partial charge in [-0.25, -0.2) is 14.6 Å². The van der Waals surface area contributed by atoms with Gasteiger partial charge in [-0.1, -0.05) is 0 Å². The van der Waals surface area contributed by atoms with Gasteiger partial charge in [-0.3, -0.25) is 0 Å². The Hall–Kier alpha value is -2.51. The van der Waals surface area contributed by atoms with E-state index in [2.05, 4.69) is 36.1 Å². The van der Waals surface area contributed by atoms with Gasteiger partial charge in [0.1, 0.15) is 23.8 Å². The van der Waals surface area contributed by atoms with Crippen LogP contribution >= 0.6 is 0 Å². The maximum absolute atomic E-state index is 4.51. The van der Waals surface area contributed by atoms with E-state index >= 15 is 0 Å². The highest BCUT2D eigenvalue weighted by Gasteiger charge is 2.24. The lowest BCUT2D eigenvalue weighted by molar-refractivity contribution is 0.346. The number of aryl methyl sites for hydroxylation is 3. The van der Waals surface area contributed by atoms with Crippen molar-refractivity contribution in [2.75, 3.05) is 18.0 Å². The Balaban J connectivity index is 1.58. The van der Waals surface area contributed by atoms with Gasteiger partial charge in [-0.2, -0.15) is 19.7 Å². The number of hydrogen-bond acceptors (Lipinski definition) is 6. The maximum Gasteiger partial charge on any atom is 0.254 e. The molecule has 1 aliphatic rings. The summed E-state index contributed by atoms with van der Waals surface area (Å²) in [6.07, 6.45) is 3.93. The molecule has 3 aromatic heterocycles. The monoisotopic (exact) mass is 326 g/mol. The number of rotatable bonds is 3. The normalized spacial score (nSPS) is 18.5. The van der Waals surface area contributed by atoms with Crippen molar-refractivity contribution in [3.8, 4) is 0 Å². The van der Waals surface area contributed by atoms with E-state index in [1.54, 1.807) is 6.33 Å². The molecule has 0 bridgehead atoms. The van der Waals surface area contributed by atoms with Crippen LogP contribution in [-0.4, -0.2) is 47.4 Å². The van der Waals surface area contributed by atoms with Crippen molar-refractivity contribution in [3.63, 3.8) is 0 Å². The van der Waals surface area contributed by atoms with Gasteiger partial charge in [0.15, 0.2) is 0 Å². The SMILES string of the molecule is Cc1cc(N2CCC[C@H](Cn3nc(C)nc3C)C2)n2ncnc2n1. The van der Waals surface area contributed by atoms with E-state index in [1.165, 1.54) is 6.42 Å². The molecule has 0 radical (unpaired) electrons. The van der Waals surface area contributed by atoms with Crippen LogP contribution in [0.25, 0.3) is 5.78 Å². The Kier molecular flexibility index (Phi) is 3.66. The molecule has 0 amide bonds. The Morgan fingerprint density at radius 3 is 2.88 bits per heavy atom. The highest BCUT2D eigenvalue weighted by atomic mass is 15.4.